The molecule has 7 nitrogen and oxygen atoms in total. The smallest absolute Gasteiger partial charge is 0.154 e. The molecule has 0 saturated heterocycles. The van der Waals surface area contributed by atoms with Gasteiger partial charge in [0.2, 0.25) is 0 Å². The molecule has 0 aliphatic carbocycles. The summed E-state index contributed by atoms with van der Waals surface area (Å²) in [4.78, 5) is 0. The second kappa shape index (κ2) is 3.69. The van der Waals surface area contributed by atoms with Crippen molar-refractivity contribution in [2.45, 2.75) is 6.29 Å². The first-order valence-electron chi connectivity index (χ1n) is 1.99. The van der Waals surface area contributed by atoms with Gasteiger partial charge in [-0.1, -0.05) is 5.53 Å². The van der Waals surface area contributed by atoms with Gasteiger partial charge < -0.3 is 5.84 Å². The Hall–Kier alpha value is -0.280. The van der Waals surface area contributed by atoms with Gasteiger partial charge in [0.25, 0.3) is 0 Å². The Morgan fingerprint density at radius 2 is 2.00 bits per heavy atom. The summed E-state index contributed by atoms with van der Waals surface area (Å²) in [6.07, 6.45) is -0.737. The summed E-state index contributed by atoms with van der Waals surface area (Å²) in [5, 5.41) is -0.0972. The van der Waals surface area contributed by atoms with Gasteiger partial charge in [-0.25, -0.2) is 11.1 Å². The molecule has 0 aliphatic rings. The van der Waals surface area contributed by atoms with Gasteiger partial charge in [0.15, 0.2) is 6.29 Å². The van der Waals surface area contributed by atoms with Gasteiger partial charge in [-0.3, -0.25) is 11.5 Å². The molecule has 0 radical (unpaired) electrons. The highest BCUT2D eigenvalue weighted by Gasteiger charge is 1.93. The SMILES string of the molecule is [NH-][NH+](NN)NC(N)N. The first kappa shape index (κ1) is 7.72. The van der Waals surface area contributed by atoms with Crippen molar-refractivity contribution in [3.8, 4) is 0 Å². The second-order valence-electron chi connectivity index (χ2n) is 1.19. The van der Waals surface area contributed by atoms with E-state index in [2.05, 4.69) is 5.43 Å². The predicted octanol–water partition coefficient (Wildman–Crippen LogP) is -4.08. The summed E-state index contributed by atoms with van der Waals surface area (Å²) in [7, 11) is 0. The monoisotopic (exact) mass is 121 g/mol. The van der Waals surface area contributed by atoms with Crippen LogP contribution < -0.4 is 33.5 Å². The molecule has 0 saturated carbocycles. The van der Waals surface area contributed by atoms with Crippen LogP contribution in [0.3, 0.4) is 0 Å². The first-order chi connectivity index (χ1) is 3.66. The van der Waals surface area contributed by atoms with Crippen LogP contribution in [0.4, 0.5) is 0 Å². The molecule has 0 rings (SSSR count). The molecular formula is CH11N7. The van der Waals surface area contributed by atoms with Crippen molar-refractivity contribution in [2.75, 3.05) is 0 Å². The maximum atomic E-state index is 6.76. The highest BCUT2D eigenvalue weighted by Crippen LogP contribution is 1.34. The zero-order chi connectivity index (χ0) is 6.57. The van der Waals surface area contributed by atoms with Gasteiger partial charge >= 0.3 is 0 Å². The Bertz CT molecular complexity index is 50.3. The Balaban J connectivity index is 3.10. The standard InChI is InChI=1S/CH11N7/c2-1(3)6-8(5)7-4/h1,5-8H,2-4H2. The lowest BCUT2D eigenvalue weighted by atomic mass is 11.0. The third kappa shape index (κ3) is 3.89. The summed E-state index contributed by atoms with van der Waals surface area (Å²) in [5.41, 5.74) is 14.3. The zero-order valence-electron chi connectivity index (χ0n) is 4.31. The van der Waals surface area contributed by atoms with Gasteiger partial charge in [-0.15, -0.1) is 5.43 Å². The third-order valence-electron chi connectivity index (χ3n) is 0.455. The van der Waals surface area contributed by atoms with Crippen LogP contribution in [0.1, 0.15) is 0 Å². The summed E-state index contributed by atoms with van der Waals surface area (Å²) >= 11 is 0. The summed E-state index contributed by atoms with van der Waals surface area (Å²) in [6, 6.07) is 0. The molecule has 0 fully saturated rings. The van der Waals surface area contributed by atoms with Crippen molar-refractivity contribution in [2.24, 2.45) is 17.3 Å². The first-order valence-corrected chi connectivity index (χ1v) is 1.99. The fraction of sp³-hybridized carbons (Fsp3) is 1.00. The molecule has 1 atom stereocenters. The number of hydrogen-bond donors (Lipinski definition) is 6. The van der Waals surface area contributed by atoms with E-state index in [0.29, 0.717) is 0 Å². The van der Waals surface area contributed by atoms with E-state index in [1.165, 1.54) is 0 Å². The van der Waals surface area contributed by atoms with E-state index in [0.717, 1.165) is 0 Å². The minimum Gasteiger partial charge on any atom is -0.426 e. The van der Waals surface area contributed by atoms with Crippen molar-refractivity contribution in [1.82, 2.24) is 11.0 Å². The van der Waals surface area contributed by atoms with E-state index in [1.54, 1.807) is 0 Å². The number of hydrogen-bond acceptors (Lipinski definition) is 5. The van der Waals surface area contributed by atoms with E-state index in [4.69, 9.17) is 23.2 Å². The minimum absolute atomic E-state index is 0.0972. The van der Waals surface area contributed by atoms with Crippen LogP contribution in [-0.2, 0) is 0 Å². The maximum Gasteiger partial charge on any atom is 0.154 e. The van der Waals surface area contributed by atoms with Crippen LogP contribution in [0.25, 0.3) is 5.84 Å². The molecule has 10 N–H and O–H groups in total. The molecule has 1 unspecified atom stereocenters. The molecule has 0 heterocycles. The number of hydrazine groups is 1. The Morgan fingerprint density at radius 1 is 1.50 bits per heavy atom. The molecule has 8 heavy (non-hydrogen) atoms. The van der Waals surface area contributed by atoms with Crippen LogP contribution >= 0.6 is 0 Å². The summed E-state index contributed by atoms with van der Waals surface area (Å²) in [6.45, 7) is 0. The predicted molar refractivity (Wildman–Crippen MR) is 27.9 cm³/mol. The van der Waals surface area contributed by atoms with Crippen LogP contribution in [0, 0.1) is 0 Å². The number of quaternary nitrogens is 1. The summed E-state index contributed by atoms with van der Waals surface area (Å²) in [5.74, 6) is 11.5. The molecule has 50 valence electrons. The molecule has 0 bridgehead atoms. The Labute approximate surface area is 46.8 Å². The van der Waals surface area contributed by atoms with Gasteiger partial charge in [0.1, 0.15) is 0 Å². The van der Waals surface area contributed by atoms with Crippen molar-refractivity contribution in [1.29, 1.82) is 0 Å². The molecule has 0 amide bonds. The van der Waals surface area contributed by atoms with E-state index >= 15 is 0 Å². The Morgan fingerprint density at radius 3 is 2.12 bits per heavy atom. The molecule has 0 spiro atoms. The van der Waals surface area contributed by atoms with E-state index in [9.17, 15) is 0 Å². The largest absolute Gasteiger partial charge is 0.426 e. The average molecular weight is 121 g/mol. The van der Waals surface area contributed by atoms with E-state index in [-0.39, 0.29) is 5.23 Å². The number of nitrogens with two attached hydrogens (primary N) is 3. The fourth-order valence-electron chi connectivity index (χ4n) is 0.208. The summed E-state index contributed by atoms with van der Waals surface area (Å²) < 4.78 is 0. The second-order valence-corrected chi connectivity index (χ2v) is 1.19. The van der Waals surface area contributed by atoms with Crippen molar-refractivity contribution >= 4 is 0 Å². The molecule has 7 heteroatoms. The van der Waals surface area contributed by atoms with Crippen LogP contribution in [-0.4, -0.2) is 6.29 Å². The number of rotatable bonds is 3. The van der Waals surface area contributed by atoms with Crippen LogP contribution in [0.15, 0.2) is 0 Å². The highest BCUT2D eigenvalue weighted by molar-refractivity contribution is 4.29. The van der Waals surface area contributed by atoms with Gasteiger partial charge in [0.05, 0.1) is 0 Å². The Kier molecular flexibility index (Phi) is 3.56. The molecular weight excluding hydrogens is 110 g/mol. The quantitative estimate of drug-likeness (QED) is 0.128. The normalized spacial score (nSPS) is 14.6. The molecule has 0 aromatic carbocycles. The van der Waals surface area contributed by atoms with Crippen molar-refractivity contribution in [3.05, 3.63) is 5.84 Å². The van der Waals surface area contributed by atoms with E-state index < -0.39 is 6.29 Å². The zero-order valence-corrected chi connectivity index (χ0v) is 4.31. The third-order valence-corrected chi connectivity index (χ3v) is 0.455. The van der Waals surface area contributed by atoms with Gasteiger partial charge in [-0.2, -0.15) is 0 Å². The highest BCUT2D eigenvalue weighted by atomic mass is 15.9. The van der Waals surface area contributed by atoms with Gasteiger partial charge in [-0.05, 0) is 0 Å². The molecule has 0 aromatic rings. The van der Waals surface area contributed by atoms with E-state index in [1.807, 2.05) is 5.53 Å². The van der Waals surface area contributed by atoms with Crippen LogP contribution in [0.2, 0.25) is 0 Å². The number of nitrogens with one attached hydrogen (secondary N) is 4. The minimum atomic E-state index is -0.737. The molecule has 0 aromatic heterocycles. The lowest BCUT2D eigenvalue weighted by Gasteiger charge is -2.20. The lowest BCUT2D eigenvalue weighted by molar-refractivity contribution is -0.946. The molecule has 0 aliphatic heterocycles. The maximum absolute atomic E-state index is 6.76. The van der Waals surface area contributed by atoms with Gasteiger partial charge in [0, 0.05) is 0 Å². The lowest BCUT2D eigenvalue weighted by Crippen LogP contribution is -3.21. The van der Waals surface area contributed by atoms with Crippen molar-refractivity contribution in [3.63, 3.8) is 0 Å². The fourth-order valence-corrected chi connectivity index (χ4v) is 0.208. The topological polar surface area (TPSA) is 130 Å². The average Bonchev–Trinajstić information content (AvgIpc) is 1.65. The van der Waals surface area contributed by atoms with Crippen LogP contribution in [0.5, 0.6) is 0 Å². The van der Waals surface area contributed by atoms with Crippen molar-refractivity contribution < 1.29 is 5.23 Å².